The SMILES string of the molecule is CCCCCCCCCCCCCCCCCCCCCCC(=O)O[C@H](COC(=O)CCCCCCCCCCC(C)CC)COP(=O)(O)OC[C@@H](O)COP(=O)(O)OC[C@@H](COC(=O)CCCCCCCCCCCC)OC(=O)CCCCCCCCCCC(C)CC. The molecule has 17 nitrogen and oxygen atoms in total. The Morgan fingerprint density at radius 1 is 0.298 bits per heavy atom. The average molecular weight is 1380 g/mol. The quantitative estimate of drug-likeness (QED) is 0.0222. The maximum absolute atomic E-state index is 13.1. The predicted octanol–water partition coefficient (Wildman–Crippen LogP) is 21.9. The molecule has 0 saturated heterocycles. The number of phosphoric ester groups is 2. The van der Waals surface area contributed by atoms with Crippen molar-refractivity contribution < 1.29 is 80.2 Å². The molecule has 0 saturated carbocycles. The molecule has 7 atom stereocenters. The van der Waals surface area contributed by atoms with E-state index in [9.17, 15) is 43.2 Å². The maximum Gasteiger partial charge on any atom is 0.472 e. The first kappa shape index (κ1) is 92.1. The largest absolute Gasteiger partial charge is 0.472 e. The van der Waals surface area contributed by atoms with Gasteiger partial charge in [0.05, 0.1) is 26.4 Å². The van der Waals surface area contributed by atoms with Crippen LogP contribution in [0.4, 0.5) is 0 Å². The van der Waals surface area contributed by atoms with Gasteiger partial charge in [-0.15, -0.1) is 0 Å². The summed E-state index contributed by atoms with van der Waals surface area (Å²) in [5.41, 5.74) is 0. The van der Waals surface area contributed by atoms with Crippen LogP contribution in [-0.2, 0) is 65.4 Å². The van der Waals surface area contributed by atoms with Gasteiger partial charge in [-0.2, -0.15) is 0 Å². The summed E-state index contributed by atoms with van der Waals surface area (Å²) in [5, 5.41) is 10.6. The van der Waals surface area contributed by atoms with Gasteiger partial charge in [-0.25, -0.2) is 9.13 Å². The predicted molar refractivity (Wildman–Crippen MR) is 381 cm³/mol. The highest BCUT2D eigenvalue weighted by atomic mass is 31.2. The summed E-state index contributed by atoms with van der Waals surface area (Å²) in [6, 6.07) is 0. The number of ether oxygens (including phenoxy) is 4. The number of hydrogen-bond donors (Lipinski definition) is 3. The molecule has 0 aromatic heterocycles. The van der Waals surface area contributed by atoms with E-state index in [0.29, 0.717) is 25.7 Å². The van der Waals surface area contributed by atoms with Crippen LogP contribution in [0.15, 0.2) is 0 Å². The third kappa shape index (κ3) is 66.0. The zero-order chi connectivity index (χ0) is 69.3. The van der Waals surface area contributed by atoms with Gasteiger partial charge < -0.3 is 33.8 Å². The molecule has 0 aliphatic heterocycles. The third-order valence-electron chi connectivity index (χ3n) is 18.2. The molecule has 19 heteroatoms. The number of carbonyl (C=O) groups excluding carboxylic acids is 4. The van der Waals surface area contributed by atoms with E-state index in [1.165, 1.54) is 205 Å². The van der Waals surface area contributed by atoms with E-state index in [1.807, 2.05) is 0 Å². The fourth-order valence-electron chi connectivity index (χ4n) is 11.4. The van der Waals surface area contributed by atoms with E-state index in [0.717, 1.165) is 102 Å². The zero-order valence-corrected chi connectivity index (χ0v) is 63.1. The zero-order valence-electron chi connectivity index (χ0n) is 61.3. The lowest BCUT2D eigenvalue weighted by atomic mass is 9.99. The molecule has 4 unspecified atom stereocenters. The van der Waals surface area contributed by atoms with Crippen LogP contribution in [0.2, 0.25) is 0 Å². The van der Waals surface area contributed by atoms with E-state index in [4.69, 9.17) is 37.0 Å². The molecule has 0 rings (SSSR count). The van der Waals surface area contributed by atoms with Crippen molar-refractivity contribution in [2.24, 2.45) is 11.8 Å². The first-order chi connectivity index (χ1) is 45.4. The monoisotopic (exact) mass is 1380 g/mol. The number of rotatable bonds is 74. The average Bonchev–Trinajstić information content (AvgIpc) is 1.56. The molecule has 0 heterocycles. The Labute approximate surface area is 575 Å². The van der Waals surface area contributed by atoms with Crippen molar-refractivity contribution in [3.63, 3.8) is 0 Å². The summed E-state index contributed by atoms with van der Waals surface area (Å²) in [6.45, 7) is 9.58. The van der Waals surface area contributed by atoms with E-state index in [2.05, 4.69) is 41.5 Å². The van der Waals surface area contributed by atoms with Crippen molar-refractivity contribution in [3.8, 4) is 0 Å². The number of hydrogen-bond acceptors (Lipinski definition) is 15. The Bertz CT molecular complexity index is 1820. The minimum absolute atomic E-state index is 0.105. The molecule has 3 N–H and O–H groups in total. The van der Waals surface area contributed by atoms with Gasteiger partial charge in [0.25, 0.3) is 0 Å². The number of aliphatic hydroxyl groups excluding tert-OH is 1. The highest BCUT2D eigenvalue weighted by Gasteiger charge is 2.30. The Morgan fingerprint density at radius 3 is 0.755 bits per heavy atom. The van der Waals surface area contributed by atoms with Gasteiger partial charge >= 0.3 is 39.5 Å². The summed E-state index contributed by atoms with van der Waals surface area (Å²) < 4.78 is 68.5. The first-order valence-electron chi connectivity index (χ1n) is 39.1. The van der Waals surface area contributed by atoms with Crippen LogP contribution in [-0.4, -0.2) is 96.7 Å². The molecular formula is C75H146O17P2. The van der Waals surface area contributed by atoms with E-state index < -0.39 is 97.5 Å². The molecule has 0 aliphatic carbocycles. The number of esters is 4. The van der Waals surface area contributed by atoms with Gasteiger partial charge in [0.1, 0.15) is 19.3 Å². The molecule has 0 aromatic carbocycles. The lowest BCUT2D eigenvalue weighted by molar-refractivity contribution is -0.161. The molecule has 0 amide bonds. The van der Waals surface area contributed by atoms with Crippen LogP contribution in [0.25, 0.3) is 0 Å². The van der Waals surface area contributed by atoms with Crippen LogP contribution in [0.3, 0.4) is 0 Å². The molecule has 0 spiro atoms. The van der Waals surface area contributed by atoms with Crippen molar-refractivity contribution in [1.29, 1.82) is 0 Å². The van der Waals surface area contributed by atoms with Gasteiger partial charge in [0, 0.05) is 25.7 Å². The van der Waals surface area contributed by atoms with Crippen LogP contribution in [0.5, 0.6) is 0 Å². The van der Waals surface area contributed by atoms with Crippen molar-refractivity contribution in [3.05, 3.63) is 0 Å². The van der Waals surface area contributed by atoms with Crippen molar-refractivity contribution in [2.75, 3.05) is 39.6 Å². The van der Waals surface area contributed by atoms with Gasteiger partial charge in [0.2, 0.25) is 0 Å². The van der Waals surface area contributed by atoms with Crippen LogP contribution < -0.4 is 0 Å². The highest BCUT2D eigenvalue weighted by Crippen LogP contribution is 2.45. The molecular weight excluding hydrogens is 1230 g/mol. The van der Waals surface area contributed by atoms with Crippen LogP contribution in [0.1, 0.15) is 388 Å². The van der Waals surface area contributed by atoms with Crippen molar-refractivity contribution in [1.82, 2.24) is 0 Å². The summed E-state index contributed by atoms with van der Waals surface area (Å²) in [6.07, 6.45) is 54.1. The molecule has 94 heavy (non-hydrogen) atoms. The topological polar surface area (TPSA) is 237 Å². The van der Waals surface area contributed by atoms with Crippen molar-refractivity contribution >= 4 is 39.5 Å². The number of unbranched alkanes of at least 4 members (excludes halogenated alkanes) is 42. The molecule has 0 aromatic rings. The molecule has 0 bridgehead atoms. The van der Waals surface area contributed by atoms with Gasteiger partial charge in [-0.3, -0.25) is 37.3 Å². The van der Waals surface area contributed by atoms with Crippen LogP contribution >= 0.6 is 15.6 Å². The molecule has 0 aliphatic rings. The Kier molecular flexibility index (Phi) is 65.5. The van der Waals surface area contributed by atoms with Gasteiger partial charge in [0.15, 0.2) is 12.2 Å². The van der Waals surface area contributed by atoms with Gasteiger partial charge in [-0.05, 0) is 37.5 Å². The minimum atomic E-state index is -4.96. The maximum atomic E-state index is 13.1. The third-order valence-corrected chi connectivity index (χ3v) is 20.1. The summed E-state index contributed by atoms with van der Waals surface area (Å²) in [7, 11) is -9.91. The molecule has 0 radical (unpaired) electrons. The molecule has 0 fully saturated rings. The minimum Gasteiger partial charge on any atom is -0.462 e. The Hall–Kier alpha value is -1.94. The second-order valence-electron chi connectivity index (χ2n) is 27.5. The number of phosphoric acid groups is 2. The number of aliphatic hydroxyl groups is 1. The summed E-state index contributed by atoms with van der Waals surface area (Å²) in [5.74, 6) is -0.573. The normalized spacial score (nSPS) is 14.6. The smallest absolute Gasteiger partial charge is 0.462 e. The second kappa shape index (κ2) is 66.9. The Morgan fingerprint density at radius 2 is 0.511 bits per heavy atom. The summed E-state index contributed by atoms with van der Waals surface area (Å²) in [4.78, 5) is 72.7. The van der Waals surface area contributed by atoms with E-state index in [-0.39, 0.29) is 25.7 Å². The van der Waals surface area contributed by atoms with Crippen molar-refractivity contribution in [2.45, 2.75) is 407 Å². The highest BCUT2D eigenvalue weighted by molar-refractivity contribution is 7.47. The first-order valence-corrected chi connectivity index (χ1v) is 42.1. The second-order valence-corrected chi connectivity index (χ2v) is 30.4. The fourth-order valence-corrected chi connectivity index (χ4v) is 13.0. The Balaban J connectivity index is 5.21. The standard InChI is InChI=1S/C75H146O17P2/c1-7-11-13-15-17-19-21-22-23-24-25-26-27-28-29-30-32-41-47-53-59-74(79)91-70(64-86-73(78)58-52-46-40-35-33-37-43-49-55-67(5)9-3)65-89-93(81,82)87-61-69(76)62-88-94(83,84)90-66-71(63-85-72(77)57-51-45-39-31-20-18-16-14-12-8-2)92-75(80)60-54-48-42-36-34-38-44-50-56-68(6)10-4/h67-71,76H,7-66H2,1-6H3,(H,81,82)(H,83,84)/t67?,68?,69-,70-,71-/m1/s1. The fraction of sp³-hybridized carbons (Fsp3) is 0.947. The van der Waals surface area contributed by atoms with Gasteiger partial charge in [-0.1, -0.05) is 337 Å². The molecule has 558 valence electrons. The van der Waals surface area contributed by atoms with Crippen LogP contribution in [0, 0.1) is 11.8 Å². The van der Waals surface area contributed by atoms with E-state index >= 15 is 0 Å². The lowest BCUT2D eigenvalue weighted by Gasteiger charge is -2.21. The lowest BCUT2D eigenvalue weighted by Crippen LogP contribution is -2.30. The summed E-state index contributed by atoms with van der Waals surface area (Å²) >= 11 is 0. The number of carbonyl (C=O) groups is 4. The van der Waals surface area contributed by atoms with E-state index in [1.54, 1.807) is 0 Å².